The largest absolute Gasteiger partial charge is 0.506 e. The molecule has 0 aliphatic carbocycles. The van der Waals surface area contributed by atoms with E-state index < -0.39 is 16.4 Å². The van der Waals surface area contributed by atoms with Gasteiger partial charge in [-0.15, -0.1) is 0 Å². The highest BCUT2D eigenvalue weighted by Gasteiger charge is 2.18. The number of phenols is 2. The Kier molecular flexibility index (Phi) is 4.94. The molecule has 0 radical (unpaired) electrons. The van der Waals surface area contributed by atoms with Crippen LogP contribution in [0.15, 0.2) is 39.8 Å². The molecule has 24 heavy (non-hydrogen) atoms. The Bertz CT molecular complexity index is 826. The molecule has 126 valence electrons. The van der Waals surface area contributed by atoms with E-state index in [1.165, 1.54) is 18.3 Å². The molecule has 2 rings (SSSR count). The topological polar surface area (TPSA) is 96.0 Å². The number of hydrogen-bond acceptors (Lipinski definition) is 5. The molecule has 2 aromatic carbocycles. The van der Waals surface area contributed by atoms with Crippen molar-refractivity contribution < 1.29 is 15.1 Å². The Morgan fingerprint density at radius 3 is 2.46 bits per heavy atom. The zero-order valence-corrected chi connectivity index (χ0v) is 15.0. The molecule has 0 bridgehead atoms. The zero-order valence-electron chi connectivity index (χ0n) is 13.4. The molecule has 0 amide bonds. The van der Waals surface area contributed by atoms with Gasteiger partial charge in [-0.25, -0.2) is 0 Å². The van der Waals surface area contributed by atoms with Gasteiger partial charge in [-0.3, -0.25) is 15.1 Å². The summed E-state index contributed by atoms with van der Waals surface area (Å²) in [5, 5.41) is 30.9. The van der Waals surface area contributed by atoms with Crippen LogP contribution in [0.5, 0.6) is 11.5 Å². The van der Waals surface area contributed by atoms with E-state index in [9.17, 15) is 20.3 Å². The first-order valence-corrected chi connectivity index (χ1v) is 7.93. The molecular formula is C17H17BrN2O4. The number of halogens is 1. The predicted molar refractivity (Wildman–Crippen MR) is 96.5 cm³/mol. The van der Waals surface area contributed by atoms with Crippen LogP contribution >= 0.6 is 15.9 Å². The summed E-state index contributed by atoms with van der Waals surface area (Å²) in [6.07, 6.45) is 1.29. The minimum absolute atomic E-state index is 0.0109. The van der Waals surface area contributed by atoms with Gasteiger partial charge in [0.15, 0.2) is 0 Å². The maximum Gasteiger partial charge on any atom is 0.312 e. The van der Waals surface area contributed by atoms with Gasteiger partial charge in [0.25, 0.3) is 0 Å². The van der Waals surface area contributed by atoms with Crippen LogP contribution in [-0.2, 0) is 5.41 Å². The zero-order chi connectivity index (χ0) is 18.1. The predicted octanol–water partition coefficient (Wildman–Crippen LogP) is 4.82. The van der Waals surface area contributed by atoms with Crippen LogP contribution in [0.2, 0.25) is 0 Å². The van der Waals surface area contributed by atoms with Crippen LogP contribution in [-0.4, -0.2) is 21.4 Å². The molecule has 0 unspecified atom stereocenters. The number of nitro benzene ring substituents is 1. The normalized spacial score (nSPS) is 11.8. The second-order valence-corrected chi connectivity index (χ2v) is 7.25. The smallest absolute Gasteiger partial charge is 0.312 e. The van der Waals surface area contributed by atoms with E-state index in [0.717, 1.165) is 5.56 Å². The van der Waals surface area contributed by atoms with E-state index in [1.54, 1.807) is 12.1 Å². The van der Waals surface area contributed by atoms with Crippen LogP contribution in [0, 0.1) is 10.1 Å². The molecule has 0 aliphatic rings. The van der Waals surface area contributed by atoms with E-state index in [2.05, 4.69) is 20.9 Å². The lowest BCUT2D eigenvalue weighted by molar-refractivity contribution is -0.385. The molecule has 2 N–H and O–H groups in total. The molecule has 0 heterocycles. The van der Waals surface area contributed by atoms with Crippen LogP contribution in [0.1, 0.15) is 31.9 Å². The van der Waals surface area contributed by atoms with Crippen molar-refractivity contribution in [3.63, 3.8) is 0 Å². The number of hydrogen-bond donors (Lipinski definition) is 2. The number of phenolic OH excluding ortho intramolecular Hbond substituents is 2. The van der Waals surface area contributed by atoms with Crippen molar-refractivity contribution >= 4 is 33.5 Å². The van der Waals surface area contributed by atoms with E-state index >= 15 is 0 Å². The quantitative estimate of drug-likeness (QED) is 0.444. The minimum Gasteiger partial charge on any atom is -0.506 e. The molecule has 0 spiro atoms. The SMILES string of the molecule is CC(C)(C)c1ccc(O)c(N=Cc2cc(Br)cc([N+](=O)[O-])c2O)c1. The molecule has 0 aromatic heterocycles. The average Bonchev–Trinajstić information content (AvgIpc) is 2.47. The van der Waals surface area contributed by atoms with Gasteiger partial charge in [0.1, 0.15) is 11.4 Å². The fourth-order valence-corrected chi connectivity index (χ4v) is 2.54. The third kappa shape index (κ3) is 3.91. The molecule has 0 fully saturated rings. The summed E-state index contributed by atoms with van der Waals surface area (Å²) in [7, 11) is 0. The Balaban J connectivity index is 2.47. The summed E-state index contributed by atoms with van der Waals surface area (Å²) in [6.45, 7) is 6.11. The third-order valence-electron chi connectivity index (χ3n) is 3.46. The molecule has 7 heteroatoms. The maximum absolute atomic E-state index is 10.9. The number of benzene rings is 2. The van der Waals surface area contributed by atoms with Crippen LogP contribution < -0.4 is 0 Å². The number of aromatic hydroxyl groups is 2. The number of rotatable bonds is 3. The van der Waals surface area contributed by atoms with Crippen molar-refractivity contribution in [1.29, 1.82) is 0 Å². The highest BCUT2D eigenvalue weighted by molar-refractivity contribution is 9.10. The Labute approximate surface area is 147 Å². The van der Waals surface area contributed by atoms with E-state index in [1.807, 2.05) is 26.8 Å². The standard InChI is InChI=1S/C17H17BrN2O4/c1-17(2,3)11-4-5-15(21)13(7-11)19-9-10-6-12(18)8-14(16(10)22)20(23)24/h4-9,21-22H,1-3H3. The van der Waals surface area contributed by atoms with Crippen molar-refractivity contribution in [2.45, 2.75) is 26.2 Å². The summed E-state index contributed by atoms with van der Waals surface area (Å²) in [4.78, 5) is 14.5. The van der Waals surface area contributed by atoms with Gasteiger partial charge >= 0.3 is 5.69 Å². The first-order chi connectivity index (χ1) is 11.1. The van der Waals surface area contributed by atoms with Crippen molar-refractivity contribution in [2.24, 2.45) is 4.99 Å². The van der Waals surface area contributed by atoms with Crippen LogP contribution in [0.25, 0.3) is 0 Å². The average molecular weight is 393 g/mol. The molecule has 0 aliphatic heterocycles. The number of nitro groups is 1. The first kappa shape index (κ1) is 17.9. The van der Waals surface area contributed by atoms with Gasteiger partial charge in [-0.2, -0.15) is 0 Å². The fourth-order valence-electron chi connectivity index (χ4n) is 2.08. The lowest BCUT2D eigenvalue weighted by Gasteiger charge is -2.19. The Hall–Kier alpha value is -2.41. The molecule has 6 nitrogen and oxygen atoms in total. The van der Waals surface area contributed by atoms with Gasteiger partial charge in [0, 0.05) is 22.3 Å². The van der Waals surface area contributed by atoms with Crippen molar-refractivity contribution in [1.82, 2.24) is 0 Å². The molecule has 0 saturated carbocycles. The summed E-state index contributed by atoms with van der Waals surface area (Å²) >= 11 is 3.17. The summed E-state index contributed by atoms with van der Waals surface area (Å²) in [5.74, 6) is -0.485. The summed E-state index contributed by atoms with van der Waals surface area (Å²) < 4.78 is 0.445. The van der Waals surface area contributed by atoms with E-state index in [-0.39, 0.29) is 16.7 Å². The van der Waals surface area contributed by atoms with E-state index in [0.29, 0.717) is 10.2 Å². The highest BCUT2D eigenvalue weighted by Crippen LogP contribution is 2.35. The number of nitrogens with zero attached hydrogens (tertiary/aromatic N) is 2. The van der Waals surface area contributed by atoms with Crippen molar-refractivity contribution in [2.75, 3.05) is 0 Å². The molecule has 0 atom stereocenters. The lowest BCUT2D eigenvalue weighted by atomic mass is 9.87. The van der Waals surface area contributed by atoms with E-state index in [4.69, 9.17) is 0 Å². The minimum atomic E-state index is -0.671. The molecule has 2 aromatic rings. The highest BCUT2D eigenvalue weighted by atomic mass is 79.9. The van der Waals surface area contributed by atoms with Gasteiger partial charge in [-0.05, 0) is 29.2 Å². The van der Waals surface area contributed by atoms with Crippen molar-refractivity contribution in [3.8, 4) is 11.5 Å². The van der Waals surface area contributed by atoms with Crippen LogP contribution in [0.3, 0.4) is 0 Å². The lowest BCUT2D eigenvalue weighted by Crippen LogP contribution is -2.10. The first-order valence-electron chi connectivity index (χ1n) is 7.14. The molecule has 0 saturated heterocycles. The maximum atomic E-state index is 10.9. The van der Waals surface area contributed by atoms with Gasteiger partial charge < -0.3 is 10.2 Å². The van der Waals surface area contributed by atoms with Crippen molar-refractivity contribution in [3.05, 3.63) is 56.0 Å². The Morgan fingerprint density at radius 1 is 1.21 bits per heavy atom. The summed E-state index contributed by atoms with van der Waals surface area (Å²) in [6, 6.07) is 7.84. The monoisotopic (exact) mass is 392 g/mol. The molecular weight excluding hydrogens is 376 g/mol. The van der Waals surface area contributed by atoms with Gasteiger partial charge in [-0.1, -0.05) is 42.8 Å². The second kappa shape index (κ2) is 6.60. The van der Waals surface area contributed by atoms with Gasteiger partial charge in [0.2, 0.25) is 5.75 Å². The Morgan fingerprint density at radius 2 is 1.88 bits per heavy atom. The van der Waals surface area contributed by atoms with Gasteiger partial charge in [0.05, 0.1) is 4.92 Å². The summed E-state index contributed by atoms with van der Waals surface area (Å²) in [5.41, 5.74) is 0.950. The third-order valence-corrected chi connectivity index (χ3v) is 3.92. The second-order valence-electron chi connectivity index (χ2n) is 6.33. The number of aliphatic imine (C=N–C) groups is 1. The fraction of sp³-hybridized carbons (Fsp3) is 0.235. The van der Waals surface area contributed by atoms with Crippen LogP contribution in [0.4, 0.5) is 11.4 Å².